The van der Waals surface area contributed by atoms with Crippen molar-refractivity contribution in [2.45, 2.75) is 197 Å². The van der Waals surface area contributed by atoms with Crippen LogP contribution in [0.25, 0.3) is 0 Å². The molecule has 5 aliphatic carbocycles. The Bertz CT molecular complexity index is 2180. The highest BCUT2D eigenvalue weighted by Crippen LogP contribution is 2.74. The van der Waals surface area contributed by atoms with Crippen molar-refractivity contribution in [3.63, 3.8) is 0 Å². The Morgan fingerprint density at radius 3 is 1.93 bits per heavy atom. The van der Waals surface area contributed by atoms with Crippen LogP contribution in [0.4, 0.5) is 0 Å². The maximum Gasteiger partial charge on any atom is 0.397 e. The van der Waals surface area contributed by atoms with Crippen molar-refractivity contribution in [2.75, 3.05) is 26.4 Å². The van der Waals surface area contributed by atoms with Crippen LogP contribution in [-0.2, 0) is 47.8 Å². The van der Waals surface area contributed by atoms with E-state index in [1.165, 1.54) is 6.92 Å². The van der Waals surface area contributed by atoms with E-state index in [-0.39, 0.29) is 31.5 Å². The third kappa shape index (κ3) is 8.87. The van der Waals surface area contributed by atoms with E-state index >= 15 is 0 Å². The largest absolute Gasteiger partial charge is 0.481 e. The van der Waals surface area contributed by atoms with E-state index in [0.29, 0.717) is 44.9 Å². The smallest absolute Gasteiger partial charge is 0.397 e. The molecule has 0 radical (unpaired) electrons. The van der Waals surface area contributed by atoms with Gasteiger partial charge in [0.25, 0.3) is 0 Å². The molecule has 3 saturated heterocycles. The molecule has 0 aromatic heterocycles. The van der Waals surface area contributed by atoms with Crippen LogP contribution in [0.1, 0.15) is 92.9 Å². The van der Waals surface area contributed by atoms with Crippen LogP contribution in [0, 0.1) is 44.3 Å². The minimum atomic E-state index is -5.25. The van der Waals surface area contributed by atoms with Crippen LogP contribution in [0.2, 0.25) is 0 Å². The Morgan fingerprint density at radius 1 is 0.708 bits per heavy atom. The van der Waals surface area contributed by atoms with E-state index in [0.717, 1.165) is 11.1 Å². The second-order valence-corrected chi connectivity index (χ2v) is 24.3. The standard InChI is InChI=1S/C48H76O23S/c1-21-30(54)37(69-40-35(59)33(57)36(25(18-50)67-40)71-72(62,63)64)38(70-39-34(58)32(56)31(55)24(17-49)66-39)41(65-21)68-29-10-11-44(3)26(45(29,4)19-51)9-12-46(5)27(44)8-7-22-23-15-43(2,42(60)61)13-14-48(23,20-52)28(53)16-47(22,46)6/h7-8,21,24-41,49-59H,9-20H2,1-6H3,(H,60,61)(H,62,63,64). The SMILES string of the molecule is CC1OC(OC2CCC3(C)C(CCC4(C)C3C=CC3=C5CC(C)(C(=O)O)CCC5(CO)C(O)CC34C)C2(C)CO)C(OC2OC(CO)C(O)C(O)C2O)C(OC2OC(CO)C(OS(=O)(=O)O)C(O)C2O)C1O. The van der Waals surface area contributed by atoms with E-state index in [1.807, 2.05) is 6.92 Å². The number of aliphatic carboxylic acids is 1. The number of aliphatic hydroxyl groups excluding tert-OH is 11. The normalized spacial score (nSPS) is 52.7. The summed E-state index contributed by atoms with van der Waals surface area (Å²) in [6.45, 7) is 9.06. The molecule has 25 atom stereocenters. The van der Waals surface area contributed by atoms with Crippen molar-refractivity contribution < 1.29 is 112 Å². The fourth-order valence-electron chi connectivity index (χ4n) is 14.8. The summed E-state index contributed by atoms with van der Waals surface area (Å²) in [6.07, 6.45) is -21.4. The third-order valence-corrected chi connectivity index (χ3v) is 19.9. The zero-order chi connectivity index (χ0) is 53.1. The number of carboxylic acids is 1. The summed E-state index contributed by atoms with van der Waals surface area (Å²) in [7, 11) is -5.25. The lowest BCUT2D eigenvalue weighted by Crippen LogP contribution is -2.68. The lowest BCUT2D eigenvalue weighted by atomic mass is 9.35. The topological polar surface area (TPSA) is 379 Å². The van der Waals surface area contributed by atoms with Gasteiger partial charge in [0.1, 0.15) is 67.1 Å². The number of hydrogen-bond donors (Lipinski definition) is 13. The molecule has 0 aromatic rings. The predicted molar refractivity (Wildman–Crippen MR) is 244 cm³/mol. The molecule has 25 unspecified atom stereocenters. The van der Waals surface area contributed by atoms with Gasteiger partial charge in [0.15, 0.2) is 18.9 Å². The Kier molecular flexibility index (Phi) is 15.5. The summed E-state index contributed by atoms with van der Waals surface area (Å²) in [5.41, 5.74) is -2.97. The molecule has 6 fully saturated rings. The van der Waals surface area contributed by atoms with Crippen LogP contribution < -0.4 is 0 Å². The summed E-state index contributed by atoms with van der Waals surface area (Å²) in [6, 6.07) is 0. The number of carboxylic acid groups (broad SMARTS) is 1. The number of aliphatic hydroxyl groups is 11. The first-order chi connectivity index (χ1) is 33.5. The second-order valence-electron chi connectivity index (χ2n) is 23.3. The second kappa shape index (κ2) is 19.9. The molecular formula is C48H76O23S. The average molecular weight is 1050 g/mol. The first kappa shape index (κ1) is 56.3. The molecule has 24 heteroatoms. The third-order valence-electron chi connectivity index (χ3n) is 19.5. The lowest BCUT2D eigenvalue weighted by molar-refractivity contribution is -0.397. The van der Waals surface area contributed by atoms with Crippen LogP contribution in [0.15, 0.2) is 23.3 Å². The molecule has 8 aliphatic rings. The average Bonchev–Trinajstić information content (AvgIpc) is 3.32. The van der Waals surface area contributed by atoms with Crippen molar-refractivity contribution in [3.8, 4) is 0 Å². The molecule has 0 aromatic carbocycles. The minimum Gasteiger partial charge on any atom is -0.481 e. The molecule has 0 spiro atoms. The highest BCUT2D eigenvalue weighted by atomic mass is 32.3. The molecule has 3 heterocycles. The van der Waals surface area contributed by atoms with Crippen LogP contribution >= 0.6 is 0 Å². The summed E-state index contributed by atoms with van der Waals surface area (Å²) in [5, 5.41) is 132. The zero-order valence-corrected chi connectivity index (χ0v) is 42.2. The Labute approximate surface area is 418 Å². The van der Waals surface area contributed by atoms with Gasteiger partial charge in [-0.1, -0.05) is 45.4 Å². The molecule has 0 amide bonds. The van der Waals surface area contributed by atoms with Gasteiger partial charge in [0.05, 0.1) is 50.2 Å². The van der Waals surface area contributed by atoms with Crippen molar-refractivity contribution in [3.05, 3.63) is 23.3 Å². The summed E-state index contributed by atoms with van der Waals surface area (Å²) < 4.78 is 74.0. The molecule has 0 bridgehead atoms. The molecular weight excluding hydrogens is 977 g/mol. The monoisotopic (exact) mass is 1050 g/mol. The van der Waals surface area contributed by atoms with Gasteiger partial charge >= 0.3 is 16.4 Å². The summed E-state index contributed by atoms with van der Waals surface area (Å²) in [5.74, 6) is -1.30. The molecule has 412 valence electrons. The van der Waals surface area contributed by atoms with E-state index in [4.69, 9.17) is 28.4 Å². The van der Waals surface area contributed by atoms with Gasteiger partial charge < -0.3 is 89.7 Å². The molecule has 13 N–H and O–H groups in total. The quantitative estimate of drug-likeness (QED) is 0.0729. The minimum absolute atomic E-state index is 0.128. The highest BCUT2D eigenvalue weighted by molar-refractivity contribution is 7.80. The molecule has 3 saturated carbocycles. The van der Waals surface area contributed by atoms with Crippen molar-refractivity contribution in [1.29, 1.82) is 0 Å². The Morgan fingerprint density at radius 2 is 1.33 bits per heavy atom. The van der Waals surface area contributed by atoms with Gasteiger partial charge in [-0.2, -0.15) is 8.42 Å². The fraction of sp³-hybridized carbons (Fsp3) is 0.896. The fourth-order valence-corrected chi connectivity index (χ4v) is 15.3. The maximum absolute atomic E-state index is 12.7. The number of fused-ring (bicyclic) bond motifs is 6. The van der Waals surface area contributed by atoms with E-state index in [9.17, 15) is 79.0 Å². The van der Waals surface area contributed by atoms with E-state index < -0.39 is 166 Å². The van der Waals surface area contributed by atoms with E-state index in [1.54, 1.807) is 6.92 Å². The number of carbonyl (C=O) groups is 1. The summed E-state index contributed by atoms with van der Waals surface area (Å²) in [4.78, 5) is 12.7. The zero-order valence-electron chi connectivity index (χ0n) is 41.4. The molecule has 23 nitrogen and oxygen atoms in total. The maximum atomic E-state index is 12.7. The van der Waals surface area contributed by atoms with Crippen LogP contribution in [-0.4, -0.2) is 211 Å². The van der Waals surface area contributed by atoms with E-state index in [2.05, 4.69) is 37.1 Å². The number of ether oxygens (including phenoxy) is 6. The van der Waals surface area contributed by atoms with Crippen LogP contribution in [0.3, 0.4) is 0 Å². The highest BCUT2D eigenvalue weighted by Gasteiger charge is 2.69. The molecule has 72 heavy (non-hydrogen) atoms. The van der Waals surface area contributed by atoms with Crippen molar-refractivity contribution in [2.24, 2.45) is 44.3 Å². The van der Waals surface area contributed by atoms with Crippen LogP contribution in [0.5, 0.6) is 0 Å². The predicted octanol–water partition coefficient (Wildman–Crippen LogP) is -1.60. The first-order valence-corrected chi connectivity index (χ1v) is 26.3. The van der Waals surface area contributed by atoms with Gasteiger partial charge in [0.2, 0.25) is 0 Å². The number of rotatable bonds is 13. The Hall–Kier alpha value is -1.86. The first-order valence-electron chi connectivity index (χ1n) is 25.0. The van der Waals surface area contributed by atoms with Gasteiger partial charge in [0, 0.05) is 16.2 Å². The number of hydrogen-bond acceptors (Lipinski definition) is 21. The van der Waals surface area contributed by atoms with Crippen molar-refractivity contribution in [1.82, 2.24) is 0 Å². The van der Waals surface area contributed by atoms with Gasteiger partial charge in [-0.05, 0) is 93.5 Å². The van der Waals surface area contributed by atoms with Gasteiger partial charge in [-0.15, -0.1) is 0 Å². The molecule has 3 aliphatic heterocycles. The Balaban J connectivity index is 1.12. The summed E-state index contributed by atoms with van der Waals surface area (Å²) >= 11 is 0. The number of allylic oxidation sites excluding steroid dienone is 3. The van der Waals surface area contributed by atoms with Gasteiger partial charge in [-0.25, -0.2) is 4.18 Å². The molecule has 8 rings (SSSR count). The lowest BCUT2D eigenvalue weighted by Gasteiger charge is -2.70. The van der Waals surface area contributed by atoms with Gasteiger partial charge in [-0.3, -0.25) is 9.35 Å². The van der Waals surface area contributed by atoms with Crippen molar-refractivity contribution >= 4 is 16.4 Å².